The molecule has 17 heavy (non-hydrogen) atoms. The van der Waals surface area contributed by atoms with Gasteiger partial charge in [0.05, 0.1) is 23.7 Å². The third-order valence-corrected chi connectivity index (χ3v) is 3.68. The van der Waals surface area contributed by atoms with Gasteiger partial charge in [-0.25, -0.2) is 14.6 Å². The summed E-state index contributed by atoms with van der Waals surface area (Å²) in [6.07, 6.45) is 4.60. The minimum Gasteiger partial charge on any atom is -0.393 e. The average molecular weight is 233 g/mol. The van der Waals surface area contributed by atoms with Crippen LogP contribution in [0.4, 0.5) is 5.82 Å². The van der Waals surface area contributed by atoms with Crippen molar-refractivity contribution in [3.8, 4) is 0 Å². The fraction of sp³-hybridized carbons (Fsp3) is 0.545. The second-order valence-electron chi connectivity index (χ2n) is 4.53. The second kappa shape index (κ2) is 3.66. The first-order chi connectivity index (χ1) is 8.22. The first-order valence-electron chi connectivity index (χ1n) is 5.84. The van der Waals surface area contributed by atoms with Crippen LogP contribution in [0.25, 0.3) is 11.0 Å². The van der Waals surface area contributed by atoms with Crippen molar-refractivity contribution in [2.75, 3.05) is 5.73 Å². The Kier molecular flexibility index (Phi) is 2.25. The standard InChI is InChI=1S/C11H15N5O/c1-2-6-8(3-9(6)17)16-11-7(4-15-16)10(12)13-5-14-11/h4-6,8-9,17H,2-3H2,1H3,(H2,12,13,14)/t6-,8?,9?/m0/s1. The van der Waals surface area contributed by atoms with Crippen LogP contribution in [0.3, 0.4) is 0 Å². The normalized spacial score (nSPS) is 28.2. The summed E-state index contributed by atoms with van der Waals surface area (Å²) in [5.74, 6) is 0.712. The van der Waals surface area contributed by atoms with E-state index < -0.39 is 0 Å². The molecule has 3 rings (SSSR count). The maximum Gasteiger partial charge on any atom is 0.163 e. The van der Waals surface area contributed by atoms with E-state index in [1.165, 1.54) is 6.33 Å². The van der Waals surface area contributed by atoms with Gasteiger partial charge in [-0.1, -0.05) is 6.92 Å². The molecule has 2 unspecified atom stereocenters. The largest absolute Gasteiger partial charge is 0.393 e. The van der Waals surface area contributed by atoms with Gasteiger partial charge in [0.25, 0.3) is 0 Å². The number of aliphatic hydroxyl groups is 1. The molecule has 0 saturated heterocycles. The molecule has 2 heterocycles. The zero-order chi connectivity index (χ0) is 12.0. The number of aromatic nitrogens is 4. The minimum absolute atomic E-state index is 0.219. The average Bonchev–Trinajstić information content (AvgIpc) is 2.71. The highest BCUT2D eigenvalue weighted by Crippen LogP contribution is 2.41. The predicted molar refractivity (Wildman–Crippen MR) is 63.2 cm³/mol. The SMILES string of the molecule is CC[C@@H]1C(O)CC1n1ncc2c(N)ncnc21. The number of hydrogen-bond acceptors (Lipinski definition) is 5. The predicted octanol–water partition coefficient (Wildman–Crippen LogP) is 0.740. The Hall–Kier alpha value is -1.69. The summed E-state index contributed by atoms with van der Waals surface area (Å²) in [4.78, 5) is 8.17. The van der Waals surface area contributed by atoms with E-state index in [0.717, 1.165) is 23.9 Å². The molecule has 3 N–H and O–H groups in total. The fourth-order valence-corrected chi connectivity index (χ4v) is 2.61. The van der Waals surface area contributed by atoms with E-state index in [9.17, 15) is 5.11 Å². The summed E-state index contributed by atoms with van der Waals surface area (Å²) >= 11 is 0. The molecule has 2 aromatic rings. The van der Waals surface area contributed by atoms with E-state index in [0.29, 0.717) is 5.82 Å². The molecule has 1 saturated carbocycles. The van der Waals surface area contributed by atoms with Crippen molar-refractivity contribution in [2.24, 2.45) is 5.92 Å². The molecule has 0 spiro atoms. The van der Waals surface area contributed by atoms with Gasteiger partial charge >= 0.3 is 0 Å². The van der Waals surface area contributed by atoms with Gasteiger partial charge in [-0.2, -0.15) is 5.10 Å². The van der Waals surface area contributed by atoms with Crippen LogP contribution >= 0.6 is 0 Å². The summed E-state index contributed by atoms with van der Waals surface area (Å²) in [5.41, 5.74) is 6.53. The van der Waals surface area contributed by atoms with Gasteiger partial charge < -0.3 is 10.8 Å². The third-order valence-electron chi connectivity index (χ3n) is 3.68. The van der Waals surface area contributed by atoms with Crippen molar-refractivity contribution in [2.45, 2.75) is 31.9 Å². The summed E-state index contributed by atoms with van der Waals surface area (Å²) in [6, 6.07) is 0.224. The number of anilines is 1. The van der Waals surface area contributed by atoms with Gasteiger partial charge in [-0.15, -0.1) is 0 Å². The highest BCUT2D eigenvalue weighted by Gasteiger charge is 2.41. The molecule has 90 valence electrons. The lowest BCUT2D eigenvalue weighted by atomic mass is 9.75. The van der Waals surface area contributed by atoms with E-state index in [1.807, 2.05) is 4.68 Å². The first-order valence-corrected chi connectivity index (χ1v) is 5.84. The molecule has 1 fully saturated rings. The fourth-order valence-electron chi connectivity index (χ4n) is 2.61. The van der Waals surface area contributed by atoms with E-state index in [2.05, 4.69) is 22.0 Å². The maximum absolute atomic E-state index is 9.71. The van der Waals surface area contributed by atoms with Crippen molar-refractivity contribution in [3.63, 3.8) is 0 Å². The van der Waals surface area contributed by atoms with E-state index in [-0.39, 0.29) is 18.1 Å². The van der Waals surface area contributed by atoms with Gasteiger partial charge in [0.15, 0.2) is 5.65 Å². The lowest BCUT2D eigenvalue weighted by molar-refractivity contribution is -0.0308. The number of nitrogens with zero attached hydrogens (tertiary/aromatic N) is 4. The van der Waals surface area contributed by atoms with Crippen LogP contribution in [0.5, 0.6) is 0 Å². The topological polar surface area (TPSA) is 89.8 Å². The van der Waals surface area contributed by atoms with Crippen LogP contribution in [0.2, 0.25) is 0 Å². The monoisotopic (exact) mass is 233 g/mol. The Morgan fingerprint density at radius 1 is 1.53 bits per heavy atom. The Labute approximate surface area is 98.5 Å². The van der Waals surface area contributed by atoms with Crippen molar-refractivity contribution < 1.29 is 5.11 Å². The summed E-state index contributed by atoms with van der Waals surface area (Å²) in [7, 11) is 0. The molecule has 0 bridgehead atoms. The number of nitrogens with two attached hydrogens (primary N) is 1. The Morgan fingerprint density at radius 2 is 2.35 bits per heavy atom. The summed E-state index contributed by atoms with van der Waals surface area (Å²) in [5, 5.41) is 14.8. The first kappa shape index (κ1) is 10.5. The molecule has 1 aliphatic rings. The molecule has 0 amide bonds. The van der Waals surface area contributed by atoms with Gasteiger partial charge in [0, 0.05) is 5.92 Å². The van der Waals surface area contributed by atoms with Crippen LogP contribution in [0.1, 0.15) is 25.8 Å². The molecular formula is C11H15N5O. The van der Waals surface area contributed by atoms with Gasteiger partial charge in [-0.3, -0.25) is 0 Å². The lowest BCUT2D eigenvalue weighted by Gasteiger charge is -2.41. The van der Waals surface area contributed by atoms with Gasteiger partial charge in [0.2, 0.25) is 0 Å². The number of nitrogen functional groups attached to an aromatic ring is 1. The van der Waals surface area contributed by atoms with Crippen molar-refractivity contribution in [1.29, 1.82) is 0 Å². The van der Waals surface area contributed by atoms with Crippen LogP contribution in [-0.4, -0.2) is 31.0 Å². The van der Waals surface area contributed by atoms with Crippen LogP contribution in [-0.2, 0) is 0 Å². The quantitative estimate of drug-likeness (QED) is 0.798. The van der Waals surface area contributed by atoms with Crippen molar-refractivity contribution in [1.82, 2.24) is 19.7 Å². The summed E-state index contributed by atoms with van der Waals surface area (Å²) < 4.78 is 1.87. The minimum atomic E-state index is -0.219. The van der Waals surface area contributed by atoms with E-state index >= 15 is 0 Å². The van der Waals surface area contributed by atoms with Crippen LogP contribution in [0.15, 0.2) is 12.5 Å². The molecule has 0 aromatic carbocycles. The molecule has 3 atom stereocenters. The van der Waals surface area contributed by atoms with Crippen molar-refractivity contribution in [3.05, 3.63) is 12.5 Å². The molecule has 1 aliphatic carbocycles. The smallest absolute Gasteiger partial charge is 0.163 e. The van der Waals surface area contributed by atoms with E-state index in [1.54, 1.807) is 6.20 Å². The highest BCUT2D eigenvalue weighted by atomic mass is 16.3. The molecule has 0 aliphatic heterocycles. The molecular weight excluding hydrogens is 218 g/mol. The molecule has 6 nitrogen and oxygen atoms in total. The Bertz CT molecular complexity index is 552. The number of rotatable bonds is 2. The summed E-state index contributed by atoms with van der Waals surface area (Å²) in [6.45, 7) is 2.08. The van der Waals surface area contributed by atoms with Crippen molar-refractivity contribution >= 4 is 16.9 Å². The molecule has 0 radical (unpaired) electrons. The van der Waals surface area contributed by atoms with Gasteiger partial charge in [-0.05, 0) is 12.8 Å². The Morgan fingerprint density at radius 3 is 3.06 bits per heavy atom. The number of hydrogen-bond donors (Lipinski definition) is 2. The van der Waals surface area contributed by atoms with Gasteiger partial charge in [0.1, 0.15) is 12.1 Å². The molecule has 6 heteroatoms. The second-order valence-corrected chi connectivity index (χ2v) is 4.53. The van der Waals surface area contributed by atoms with Crippen LogP contribution < -0.4 is 5.73 Å². The van der Waals surface area contributed by atoms with Crippen LogP contribution in [0, 0.1) is 5.92 Å². The molecule has 2 aromatic heterocycles. The number of aliphatic hydroxyl groups excluding tert-OH is 1. The zero-order valence-electron chi connectivity index (χ0n) is 9.61. The lowest BCUT2D eigenvalue weighted by Crippen LogP contribution is -2.42. The number of fused-ring (bicyclic) bond motifs is 1. The van der Waals surface area contributed by atoms with E-state index in [4.69, 9.17) is 5.73 Å². The Balaban J connectivity index is 2.04. The third kappa shape index (κ3) is 1.40. The maximum atomic E-state index is 9.71. The zero-order valence-corrected chi connectivity index (χ0v) is 9.61. The highest BCUT2D eigenvalue weighted by molar-refractivity contribution is 5.84.